The third kappa shape index (κ3) is 6.38. The number of rotatable bonds is 8. The Balaban J connectivity index is 1.72. The number of carbonyl (C=O) groups is 2. The lowest BCUT2D eigenvalue weighted by Gasteiger charge is -2.18. The van der Waals surface area contributed by atoms with Crippen molar-refractivity contribution in [1.82, 2.24) is 0 Å². The van der Waals surface area contributed by atoms with Crippen molar-refractivity contribution in [2.45, 2.75) is 6.10 Å². The van der Waals surface area contributed by atoms with Crippen LogP contribution in [0.2, 0.25) is 0 Å². The van der Waals surface area contributed by atoms with Crippen molar-refractivity contribution < 1.29 is 24.0 Å². The van der Waals surface area contributed by atoms with Crippen molar-refractivity contribution in [2.75, 3.05) is 11.9 Å². The molecule has 0 radical (unpaired) electrons. The number of carbonyl (C=O) groups excluding carboxylic acids is 2. The van der Waals surface area contributed by atoms with E-state index in [1.807, 2.05) is 6.07 Å². The van der Waals surface area contributed by atoms with Crippen LogP contribution in [0, 0.1) is 21.4 Å². The second kappa shape index (κ2) is 10.9. The van der Waals surface area contributed by atoms with Crippen LogP contribution in [-0.2, 0) is 14.3 Å². The molecule has 0 saturated carbocycles. The van der Waals surface area contributed by atoms with Crippen molar-refractivity contribution in [1.29, 1.82) is 5.26 Å². The molecule has 3 rings (SSSR count). The number of ether oxygens (including phenoxy) is 2. The van der Waals surface area contributed by atoms with Crippen molar-refractivity contribution >= 4 is 39.2 Å². The molecule has 3 aromatic carbocycles. The molecule has 1 N–H and O–H groups in total. The lowest BCUT2D eigenvalue weighted by Crippen LogP contribution is -2.28. The molecule has 33 heavy (non-hydrogen) atoms. The number of nitrogens with one attached hydrogen (secondary N) is 1. The summed E-state index contributed by atoms with van der Waals surface area (Å²) in [5.74, 6) is -1.07. The fraction of sp³-hybridized carbons (Fsp3) is 0.0870. The SMILES string of the molecule is N#Cc1ccc(OCC(=O)OC(C(=O)Nc2ccc([N+](=O)[O-])cc2Br)c2ccccc2)cc1. The van der Waals surface area contributed by atoms with E-state index in [0.717, 1.165) is 0 Å². The van der Waals surface area contributed by atoms with Gasteiger partial charge in [0.05, 0.1) is 22.2 Å². The fourth-order valence-corrected chi connectivity index (χ4v) is 3.22. The van der Waals surface area contributed by atoms with Gasteiger partial charge in [-0.15, -0.1) is 0 Å². The predicted molar refractivity (Wildman–Crippen MR) is 121 cm³/mol. The summed E-state index contributed by atoms with van der Waals surface area (Å²) >= 11 is 3.19. The van der Waals surface area contributed by atoms with E-state index >= 15 is 0 Å². The van der Waals surface area contributed by atoms with Gasteiger partial charge in [-0.1, -0.05) is 30.3 Å². The van der Waals surface area contributed by atoms with Gasteiger partial charge >= 0.3 is 5.97 Å². The molecule has 0 aliphatic rings. The molecule has 0 spiro atoms. The number of non-ortho nitro benzene ring substituents is 1. The summed E-state index contributed by atoms with van der Waals surface area (Å²) in [4.78, 5) is 35.7. The average molecular weight is 510 g/mol. The molecule has 0 heterocycles. The second-order valence-corrected chi connectivity index (χ2v) is 7.47. The van der Waals surface area contributed by atoms with Crippen molar-refractivity contribution in [3.8, 4) is 11.8 Å². The molecule has 0 saturated heterocycles. The number of amides is 1. The number of halogens is 1. The molecular weight excluding hydrogens is 494 g/mol. The smallest absolute Gasteiger partial charge is 0.345 e. The maximum Gasteiger partial charge on any atom is 0.345 e. The molecule has 1 unspecified atom stereocenters. The van der Waals surface area contributed by atoms with E-state index in [9.17, 15) is 19.7 Å². The van der Waals surface area contributed by atoms with Crippen LogP contribution in [0.4, 0.5) is 11.4 Å². The van der Waals surface area contributed by atoms with E-state index in [2.05, 4.69) is 21.2 Å². The van der Waals surface area contributed by atoms with Crippen LogP contribution in [0.5, 0.6) is 5.75 Å². The van der Waals surface area contributed by atoms with Crippen LogP contribution in [0.1, 0.15) is 17.2 Å². The molecule has 0 aliphatic carbocycles. The van der Waals surface area contributed by atoms with E-state index in [1.165, 1.54) is 18.2 Å². The van der Waals surface area contributed by atoms with Gasteiger partial charge in [-0.3, -0.25) is 14.9 Å². The van der Waals surface area contributed by atoms with Gasteiger partial charge in [0, 0.05) is 22.2 Å². The number of benzene rings is 3. The second-order valence-electron chi connectivity index (χ2n) is 6.62. The van der Waals surface area contributed by atoms with Gasteiger partial charge in [-0.2, -0.15) is 5.26 Å². The van der Waals surface area contributed by atoms with E-state index in [-0.39, 0.29) is 11.4 Å². The zero-order valence-electron chi connectivity index (χ0n) is 16.9. The Morgan fingerprint density at radius 2 is 1.79 bits per heavy atom. The monoisotopic (exact) mass is 509 g/mol. The third-order valence-corrected chi connectivity index (χ3v) is 5.01. The number of nitro groups is 1. The van der Waals surface area contributed by atoms with Crippen LogP contribution in [-0.4, -0.2) is 23.4 Å². The van der Waals surface area contributed by atoms with Gasteiger partial charge in [0.25, 0.3) is 11.6 Å². The van der Waals surface area contributed by atoms with Crippen LogP contribution in [0.3, 0.4) is 0 Å². The van der Waals surface area contributed by atoms with Gasteiger partial charge in [-0.25, -0.2) is 4.79 Å². The summed E-state index contributed by atoms with van der Waals surface area (Å²) in [7, 11) is 0. The minimum atomic E-state index is -1.29. The minimum Gasteiger partial charge on any atom is -0.482 e. The number of anilines is 1. The highest BCUT2D eigenvalue weighted by molar-refractivity contribution is 9.10. The molecule has 0 bridgehead atoms. The van der Waals surface area contributed by atoms with E-state index in [4.69, 9.17) is 14.7 Å². The van der Waals surface area contributed by atoms with E-state index in [0.29, 0.717) is 21.3 Å². The number of nitrogens with zero attached hydrogens (tertiary/aromatic N) is 2. The van der Waals surface area contributed by atoms with Gasteiger partial charge in [-0.05, 0) is 46.3 Å². The highest BCUT2D eigenvalue weighted by Crippen LogP contribution is 2.29. The molecule has 10 heteroatoms. The molecule has 0 fully saturated rings. The molecule has 1 atom stereocenters. The van der Waals surface area contributed by atoms with Gasteiger partial charge in [0.15, 0.2) is 6.61 Å². The first kappa shape index (κ1) is 23.4. The Morgan fingerprint density at radius 1 is 1.09 bits per heavy atom. The van der Waals surface area contributed by atoms with Gasteiger partial charge in [0.1, 0.15) is 5.75 Å². The van der Waals surface area contributed by atoms with Crippen molar-refractivity contribution in [2.24, 2.45) is 0 Å². The molecule has 9 nitrogen and oxygen atoms in total. The summed E-state index contributed by atoms with van der Waals surface area (Å²) in [5.41, 5.74) is 1.00. The Bertz CT molecular complexity index is 1210. The summed E-state index contributed by atoms with van der Waals surface area (Å²) in [5, 5.41) is 22.4. The number of nitriles is 1. The van der Waals surface area contributed by atoms with Gasteiger partial charge < -0.3 is 14.8 Å². The first-order valence-electron chi connectivity index (χ1n) is 9.49. The standard InChI is InChI=1S/C23H16BrN3O6/c24-19-12-17(27(30)31)8-11-20(19)26-23(29)22(16-4-2-1-3-5-16)33-21(28)14-32-18-9-6-15(13-25)7-10-18/h1-12,22H,14H2,(H,26,29). The zero-order chi connectivity index (χ0) is 23.8. The molecular formula is C23H16BrN3O6. The topological polar surface area (TPSA) is 132 Å². The Kier molecular flexibility index (Phi) is 7.73. The Hall–Kier alpha value is -4.23. The highest BCUT2D eigenvalue weighted by Gasteiger charge is 2.26. The summed E-state index contributed by atoms with van der Waals surface area (Å²) in [6, 6.07) is 20.4. The maximum atomic E-state index is 12.9. The van der Waals surface area contributed by atoms with Crippen LogP contribution >= 0.6 is 15.9 Å². The van der Waals surface area contributed by atoms with E-state index in [1.54, 1.807) is 54.6 Å². The molecule has 3 aromatic rings. The molecule has 1 amide bonds. The highest BCUT2D eigenvalue weighted by atomic mass is 79.9. The normalized spacial score (nSPS) is 11.0. The largest absolute Gasteiger partial charge is 0.482 e. The lowest BCUT2D eigenvalue weighted by atomic mass is 10.1. The van der Waals surface area contributed by atoms with Crippen molar-refractivity contribution in [3.05, 3.63) is 98.5 Å². The Morgan fingerprint density at radius 3 is 2.39 bits per heavy atom. The number of nitro benzene ring substituents is 1. The molecule has 0 aromatic heterocycles. The first-order chi connectivity index (χ1) is 15.9. The first-order valence-corrected chi connectivity index (χ1v) is 10.3. The molecule has 0 aliphatic heterocycles. The van der Waals surface area contributed by atoms with Gasteiger partial charge in [0.2, 0.25) is 6.10 Å². The third-order valence-electron chi connectivity index (χ3n) is 4.35. The lowest BCUT2D eigenvalue weighted by molar-refractivity contribution is -0.384. The fourth-order valence-electron chi connectivity index (χ4n) is 2.75. The van der Waals surface area contributed by atoms with Crippen molar-refractivity contribution in [3.63, 3.8) is 0 Å². The maximum absolute atomic E-state index is 12.9. The summed E-state index contributed by atoms with van der Waals surface area (Å²) in [6.07, 6.45) is -1.29. The predicted octanol–water partition coefficient (Wildman–Crippen LogP) is 4.53. The van der Waals surface area contributed by atoms with E-state index < -0.39 is 29.5 Å². The number of esters is 1. The Labute approximate surface area is 196 Å². The summed E-state index contributed by atoms with van der Waals surface area (Å²) in [6.45, 7) is -0.455. The van der Waals surface area contributed by atoms with Crippen LogP contribution in [0.25, 0.3) is 0 Å². The van der Waals surface area contributed by atoms with Crippen LogP contribution < -0.4 is 10.1 Å². The summed E-state index contributed by atoms with van der Waals surface area (Å²) < 4.78 is 11.1. The molecule has 166 valence electrons. The van der Waals surface area contributed by atoms with Crippen LogP contribution in [0.15, 0.2) is 77.3 Å². The quantitative estimate of drug-likeness (QED) is 0.268. The number of hydrogen-bond acceptors (Lipinski definition) is 7. The average Bonchev–Trinajstić information content (AvgIpc) is 2.83. The number of hydrogen-bond donors (Lipinski definition) is 1. The minimum absolute atomic E-state index is 0.147. The zero-order valence-corrected chi connectivity index (χ0v) is 18.5.